The van der Waals surface area contributed by atoms with Crippen molar-refractivity contribution in [3.63, 3.8) is 0 Å². The van der Waals surface area contributed by atoms with Gasteiger partial charge < -0.3 is 10.1 Å². The number of nitrogens with zero attached hydrogens (tertiary/aromatic N) is 2. The summed E-state index contributed by atoms with van der Waals surface area (Å²) in [6, 6.07) is 6.10. The molecule has 1 aromatic heterocycles. The second-order valence-electron chi connectivity index (χ2n) is 4.95. The van der Waals surface area contributed by atoms with Gasteiger partial charge in [-0.1, -0.05) is 17.7 Å². The van der Waals surface area contributed by atoms with Crippen LogP contribution in [0.25, 0.3) is 0 Å². The van der Waals surface area contributed by atoms with E-state index in [1.165, 1.54) is 18.3 Å². The number of aromatic nitrogens is 1. The number of ether oxygens (including phenoxy) is 1. The molecule has 0 atom stereocenters. The molecule has 2 aromatic rings. The number of alkyl halides is 3. The van der Waals surface area contributed by atoms with Crippen LogP contribution >= 0.6 is 11.6 Å². The molecule has 0 spiro atoms. The predicted octanol–water partition coefficient (Wildman–Crippen LogP) is 4.93. The van der Waals surface area contributed by atoms with Crippen LogP contribution in [0.5, 0.6) is 11.6 Å². The van der Waals surface area contributed by atoms with E-state index in [4.69, 9.17) is 16.3 Å². The molecule has 8 heteroatoms. The maximum Gasteiger partial charge on any atom is 0.416 e. The van der Waals surface area contributed by atoms with Crippen LogP contribution < -0.4 is 10.1 Å². The van der Waals surface area contributed by atoms with Crippen LogP contribution in [0.15, 0.2) is 53.3 Å². The van der Waals surface area contributed by atoms with Crippen molar-refractivity contribution in [2.24, 2.45) is 4.99 Å². The lowest BCUT2D eigenvalue weighted by Gasteiger charge is -2.11. The molecule has 3 rings (SSSR count). The Labute approximate surface area is 140 Å². The predicted molar refractivity (Wildman–Crippen MR) is 85.8 cm³/mol. The van der Waals surface area contributed by atoms with Gasteiger partial charge in [-0.2, -0.15) is 13.2 Å². The Morgan fingerprint density at radius 1 is 1.21 bits per heavy atom. The molecular weight excluding hydrogens is 343 g/mol. The number of aliphatic imine (C=N–C) groups is 1. The number of pyridine rings is 1. The van der Waals surface area contributed by atoms with Crippen LogP contribution in [0, 0.1) is 0 Å². The highest BCUT2D eigenvalue weighted by Gasteiger charge is 2.30. The molecule has 124 valence electrons. The van der Waals surface area contributed by atoms with E-state index in [0.29, 0.717) is 12.2 Å². The maximum atomic E-state index is 12.7. The number of hydrogen-bond donors (Lipinski definition) is 1. The molecule has 1 N–H and O–H groups in total. The van der Waals surface area contributed by atoms with Crippen LogP contribution in [0.4, 0.5) is 18.9 Å². The van der Waals surface area contributed by atoms with Crippen molar-refractivity contribution in [2.45, 2.75) is 6.18 Å². The lowest BCUT2D eigenvalue weighted by atomic mass is 10.2. The summed E-state index contributed by atoms with van der Waals surface area (Å²) in [6.45, 7) is 0.542. The Hall–Kier alpha value is -2.54. The van der Waals surface area contributed by atoms with Gasteiger partial charge in [0.25, 0.3) is 0 Å². The normalized spacial score (nSPS) is 13.8. The van der Waals surface area contributed by atoms with E-state index >= 15 is 0 Å². The Balaban J connectivity index is 1.76. The molecule has 1 aliphatic heterocycles. The minimum absolute atomic E-state index is 0.00633. The van der Waals surface area contributed by atoms with Gasteiger partial charge in [0.05, 0.1) is 24.0 Å². The third-order valence-electron chi connectivity index (χ3n) is 3.13. The summed E-state index contributed by atoms with van der Waals surface area (Å²) >= 11 is 6.09. The van der Waals surface area contributed by atoms with E-state index in [-0.39, 0.29) is 16.7 Å². The van der Waals surface area contributed by atoms with E-state index in [1.54, 1.807) is 12.3 Å². The van der Waals surface area contributed by atoms with E-state index in [2.05, 4.69) is 15.3 Å². The summed E-state index contributed by atoms with van der Waals surface area (Å²) in [6.07, 6.45) is 0.541. The standard InChI is InChI=1S/C16H11ClF3N3O/c17-14-7-12(23-11-4-5-21-8-11)9-22-15(14)24-13-3-1-2-10(6-13)16(18,19)20/h1-7,9,23H,8H2. The van der Waals surface area contributed by atoms with E-state index in [9.17, 15) is 13.2 Å². The van der Waals surface area contributed by atoms with E-state index in [1.807, 2.05) is 6.08 Å². The van der Waals surface area contributed by atoms with Crippen LogP contribution in [0.1, 0.15) is 5.56 Å². The lowest BCUT2D eigenvalue weighted by molar-refractivity contribution is -0.137. The third kappa shape index (κ3) is 3.86. The van der Waals surface area contributed by atoms with Crippen molar-refractivity contribution in [1.29, 1.82) is 0 Å². The largest absolute Gasteiger partial charge is 0.438 e. The fraction of sp³-hybridized carbons (Fsp3) is 0.125. The first-order valence-electron chi connectivity index (χ1n) is 6.88. The first kappa shape index (κ1) is 16.3. The van der Waals surface area contributed by atoms with Crippen molar-refractivity contribution in [1.82, 2.24) is 4.98 Å². The molecule has 4 nitrogen and oxygen atoms in total. The Bertz CT molecular complexity index is 818. The minimum atomic E-state index is -4.44. The van der Waals surface area contributed by atoms with Crippen molar-refractivity contribution in [3.05, 3.63) is 58.9 Å². The first-order valence-corrected chi connectivity index (χ1v) is 7.26. The molecule has 0 unspecified atom stereocenters. The summed E-state index contributed by atoms with van der Waals surface area (Å²) in [5.74, 6) is 0.0324. The number of rotatable bonds is 4. The van der Waals surface area contributed by atoms with Crippen molar-refractivity contribution in [3.8, 4) is 11.6 Å². The Kier molecular flexibility index (Phi) is 4.44. The fourth-order valence-electron chi connectivity index (χ4n) is 2.03. The quantitative estimate of drug-likeness (QED) is 0.848. The second-order valence-corrected chi connectivity index (χ2v) is 5.35. The molecule has 0 amide bonds. The molecule has 0 saturated heterocycles. The first-order chi connectivity index (χ1) is 11.4. The zero-order chi connectivity index (χ0) is 17.2. The van der Waals surface area contributed by atoms with Crippen molar-refractivity contribution >= 4 is 23.5 Å². The summed E-state index contributed by atoms with van der Waals surface area (Å²) < 4.78 is 43.5. The molecule has 1 aliphatic rings. The van der Waals surface area contributed by atoms with Gasteiger partial charge in [-0.3, -0.25) is 4.99 Å². The van der Waals surface area contributed by atoms with Gasteiger partial charge in [-0.25, -0.2) is 4.98 Å². The van der Waals surface area contributed by atoms with Crippen LogP contribution in [0.3, 0.4) is 0 Å². The third-order valence-corrected chi connectivity index (χ3v) is 3.40. The van der Waals surface area contributed by atoms with Gasteiger partial charge in [-0.15, -0.1) is 0 Å². The number of benzene rings is 1. The average Bonchev–Trinajstić information content (AvgIpc) is 3.02. The van der Waals surface area contributed by atoms with Crippen molar-refractivity contribution < 1.29 is 17.9 Å². The number of allylic oxidation sites excluding steroid dienone is 1. The lowest BCUT2D eigenvalue weighted by Crippen LogP contribution is -2.04. The molecule has 0 aliphatic carbocycles. The van der Waals surface area contributed by atoms with Crippen molar-refractivity contribution in [2.75, 3.05) is 11.9 Å². The van der Waals surface area contributed by atoms with E-state index in [0.717, 1.165) is 17.8 Å². The highest BCUT2D eigenvalue weighted by atomic mass is 35.5. The molecule has 0 bridgehead atoms. The molecule has 2 heterocycles. The van der Waals surface area contributed by atoms with Gasteiger partial charge >= 0.3 is 6.18 Å². The Morgan fingerprint density at radius 2 is 2.04 bits per heavy atom. The molecule has 0 fully saturated rings. The molecule has 0 radical (unpaired) electrons. The topological polar surface area (TPSA) is 46.5 Å². The fourth-order valence-corrected chi connectivity index (χ4v) is 2.23. The van der Waals surface area contributed by atoms with Crippen LogP contribution in [-0.4, -0.2) is 17.7 Å². The summed E-state index contributed by atoms with van der Waals surface area (Å²) in [5, 5.41) is 3.26. The monoisotopic (exact) mass is 353 g/mol. The van der Waals surface area contributed by atoms with Gasteiger partial charge in [0.2, 0.25) is 5.88 Å². The van der Waals surface area contributed by atoms with E-state index < -0.39 is 11.7 Å². The summed E-state index contributed by atoms with van der Waals surface area (Å²) in [7, 11) is 0. The highest BCUT2D eigenvalue weighted by Crippen LogP contribution is 2.34. The molecule has 24 heavy (non-hydrogen) atoms. The number of hydrogen-bond acceptors (Lipinski definition) is 4. The van der Waals surface area contributed by atoms with Gasteiger partial charge in [0.15, 0.2) is 0 Å². The summed E-state index contributed by atoms with van der Waals surface area (Å²) in [5.41, 5.74) is 0.718. The zero-order valence-electron chi connectivity index (χ0n) is 12.1. The number of halogens is 4. The zero-order valence-corrected chi connectivity index (χ0v) is 12.9. The van der Waals surface area contributed by atoms with Crippen LogP contribution in [0.2, 0.25) is 5.02 Å². The molecule has 0 saturated carbocycles. The Morgan fingerprint density at radius 3 is 2.71 bits per heavy atom. The number of anilines is 1. The number of nitrogens with one attached hydrogen (secondary N) is 1. The average molecular weight is 354 g/mol. The minimum Gasteiger partial charge on any atom is -0.438 e. The second kappa shape index (κ2) is 6.52. The molecular formula is C16H11ClF3N3O. The van der Waals surface area contributed by atoms with Gasteiger partial charge in [0.1, 0.15) is 10.8 Å². The highest BCUT2D eigenvalue weighted by molar-refractivity contribution is 6.32. The van der Waals surface area contributed by atoms with Gasteiger partial charge in [-0.05, 0) is 30.3 Å². The smallest absolute Gasteiger partial charge is 0.416 e. The molecule has 1 aromatic carbocycles. The SMILES string of the molecule is FC(F)(F)c1cccc(Oc2ncc(NC3=CC=NC3)cc2Cl)c1. The summed E-state index contributed by atoms with van der Waals surface area (Å²) in [4.78, 5) is 8.08. The van der Waals surface area contributed by atoms with Crippen LogP contribution in [-0.2, 0) is 6.18 Å². The maximum absolute atomic E-state index is 12.7. The van der Waals surface area contributed by atoms with Gasteiger partial charge in [0, 0.05) is 11.9 Å².